The first-order valence-corrected chi connectivity index (χ1v) is 30.5. The third-order valence-electron chi connectivity index (χ3n) is 13.1. The van der Waals surface area contributed by atoms with Gasteiger partial charge in [-0.3, -0.25) is 18.7 Å². The van der Waals surface area contributed by atoms with Crippen LogP contribution in [0.5, 0.6) is 11.5 Å². The molecule has 8 rings (SSSR count). The molecule has 21 nitrogen and oxygen atoms in total. The van der Waals surface area contributed by atoms with Crippen LogP contribution in [0.1, 0.15) is 104 Å². The van der Waals surface area contributed by atoms with E-state index in [0.717, 1.165) is 28.2 Å². The largest absolute Gasteiger partial charge is 0.494 e. The van der Waals surface area contributed by atoms with Crippen LogP contribution in [0, 0.1) is 10.8 Å². The highest BCUT2D eigenvalue weighted by Gasteiger charge is 2.40. The van der Waals surface area contributed by atoms with Crippen LogP contribution in [0.25, 0.3) is 0 Å². The number of Topliss-reactive ketones (excluding diaryl/α,β-unsaturated/α-hetero) is 2. The number of ether oxygens (including phenoxy) is 2. The molecule has 2 aliphatic rings. The van der Waals surface area contributed by atoms with Crippen LogP contribution in [0.3, 0.4) is 0 Å². The SMILES string of the molecule is CCN(CC)c1cc(Nc2nc(Nc3cc(N(CC)CC)c(OC)cc3/N=N/c3sc4c(c3S(=O)(=O)O)CC(C)(C)CC4=O)nc(SCc3ccccc3)n2)c(/N=N/c2sc3c(c2S(=O)(=O)O)CC(C)(C)CC3=O)cc1OC. The van der Waals surface area contributed by atoms with Crippen LogP contribution >= 0.6 is 34.4 Å². The Kier molecular flexibility index (Phi) is 17.1. The number of methoxy groups -OCH3 is 2. The molecule has 0 radical (unpaired) electrons. The van der Waals surface area contributed by atoms with Crippen molar-refractivity contribution in [2.45, 2.75) is 102 Å². The smallest absolute Gasteiger partial charge is 0.297 e. The van der Waals surface area contributed by atoms with Gasteiger partial charge in [0.15, 0.2) is 26.7 Å². The van der Waals surface area contributed by atoms with Crippen molar-refractivity contribution in [1.29, 1.82) is 0 Å². The number of carbonyl (C=O) groups excluding carboxylic acids is 2. The number of azo groups is 2. The molecule has 6 aromatic rings. The lowest BCUT2D eigenvalue weighted by atomic mass is 9.76. The molecule has 4 N–H and O–H groups in total. The number of nitrogens with zero attached hydrogens (tertiary/aromatic N) is 9. The Labute approximate surface area is 465 Å². The minimum atomic E-state index is -4.86. The van der Waals surface area contributed by atoms with Crippen LogP contribution in [0.2, 0.25) is 0 Å². The van der Waals surface area contributed by atoms with Crippen molar-refractivity contribution in [2.75, 3.05) is 60.8 Å². The molecule has 26 heteroatoms. The Balaban J connectivity index is 1.28. The van der Waals surface area contributed by atoms with E-state index in [1.807, 2.05) is 85.7 Å². The Morgan fingerprint density at radius 2 is 1.04 bits per heavy atom. The number of hydrogen-bond donors (Lipinski definition) is 4. The van der Waals surface area contributed by atoms with E-state index in [1.165, 1.54) is 26.0 Å². The maximum atomic E-state index is 13.3. The summed E-state index contributed by atoms with van der Waals surface area (Å²) in [5, 5.41) is 24.5. The lowest BCUT2D eigenvalue weighted by molar-refractivity contribution is 0.0907. The molecular formula is C52H61N11O10S5. The van der Waals surface area contributed by atoms with Gasteiger partial charge in [-0.2, -0.15) is 31.8 Å². The van der Waals surface area contributed by atoms with Gasteiger partial charge in [0.2, 0.25) is 11.9 Å². The summed E-state index contributed by atoms with van der Waals surface area (Å²) < 4.78 is 84.9. The van der Waals surface area contributed by atoms with Crippen molar-refractivity contribution in [3.63, 3.8) is 0 Å². The Morgan fingerprint density at radius 1 is 0.628 bits per heavy atom. The van der Waals surface area contributed by atoms with Gasteiger partial charge in [0.05, 0.1) is 46.7 Å². The van der Waals surface area contributed by atoms with Crippen molar-refractivity contribution in [3.8, 4) is 11.5 Å². The second kappa shape index (κ2) is 23.1. The average molecular weight is 1160 g/mol. The summed E-state index contributed by atoms with van der Waals surface area (Å²) in [6, 6.07) is 16.5. The van der Waals surface area contributed by atoms with E-state index in [1.54, 1.807) is 24.3 Å². The second-order valence-corrected chi connectivity index (χ2v) is 25.7. The molecule has 0 fully saturated rings. The first-order chi connectivity index (χ1) is 36.9. The normalized spacial score (nSPS) is 15.1. The van der Waals surface area contributed by atoms with E-state index in [4.69, 9.17) is 24.4 Å². The average Bonchev–Trinajstić information content (AvgIpc) is 3.95. The number of thioether (sulfide) groups is 1. The van der Waals surface area contributed by atoms with Gasteiger partial charge in [-0.1, -0.05) is 69.8 Å². The number of nitrogens with one attached hydrogen (secondary N) is 2. The predicted molar refractivity (Wildman–Crippen MR) is 305 cm³/mol. The fourth-order valence-corrected chi connectivity index (χ4v) is 14.8. The van der Waals surface area contributed by atoms with Gasteiger partial charge in [0.1, 0.15) is 32.7 Å². The first kappa shape index (κ1) is 57.7. The molecule has 0 bridgehead atoms. The Bertz CT molecular complexity index is 3370. The van der Waals surface area contributed by atoms with Crippen molar-refractivity contribution in [3.05, 3.63) is 81.0 Å². The molecule has 0 aliphatic heterocycles. The van der Waals surface area contributed by atoms with Gasteiger partial charge >= 0.3 is 0 Å². The van der Waals surface area contributed by atoms with Crippen LogP contribution in [0.15, 0.2) is 90.0 Å². The second-order valence-electron chi connectivity index (χ2n) is 20.0. The van der Waals surface area contributed by atoms with Crippen molar-refractivity contribution in [1.82, 2.24) is 15.0 Å². The molecule has 0 saturated carbocycles. The molecule has 0 spiro atoms. The molecule has 414 valence electrons. The highest BCUT2D eigenvalue weighted by molar-refractivity contribution is 7.98. The number of rotatable bonds is 21. The minimum Gasteiger partial charge on any atom is -0.494 e. The molecule has 0 unspecified atom stereocenters. The van der Waals surface area contributed by atoms with Crippen molar-refractivity contribution < 1.29 is 45.0 Å². The fourth-order valence-electron chi connectivity index (χ4n) is 9.55. The maximum Gasteiger partial charge on any atom is 0.297 e. The summed E-state index contributed by atoms with van der Waals surface area (Å²) >= 11 is 3.03. The third-order valence-corrected chi connectivity index (χ3v) is 18.5. The monoisotopic (exact) mass is 1160 g/mol. The van der Waals surface area contributed by atoms with Gasteiger partial charge in [0.25, 0.3) is 20.2 Å². The summed E-state index contributed by atoms with van der Waals surface area (Å²) in [4.78, 5) is 44.8. The quantitative estimate of drug-likeness (QED) is 0.0296. The van der Waals surface area contributed by atoms with Crippen LogP contribution in [-0.2, 0) is 38.8 Å². The Morgan fingerprint density at radius 3 is 1.41 bits per heavy atom. The molecule has 2 aliphatic carbocycles. The van der Waals surface area contributed by atoms with Crippen LogP contribution in [0.4, 0.5) is 56.0 Å². The van der Waals surface area contributed by atoms with Crippen molar-refractivity contribution >= 4 is 122 Å². The molecule has 3 aromatic heterocycles. The number of fused-ring (bicyclic) bond motifs is 2. The summed E-state index contributed by atoms with van der Waals surface area (Å²) in [5.41, 5.74) is 2.54. The molecule has 0 amide bonds. The van der Waals surface area contributed by atoms with E-state index in [2.05, 4.69) is 40.9 Å². The number of anilines is 6. The van der Waals surface area contributed by atoms with Gasteiger partial charge in [0, 0.05) is 56.9 Å². The van der Waals surface area contributed by atoms with Crippen LogP contribution < -0.4 is 29.9 Å². The number of ketones is 2. The number of carbonyl (C=O) groups is 2. The molecule has 3 aromatic carbocycles. The standard InChI is InChI=1S/C52H61N11O10S5/c1-11-62(12-2)36-20-32(34(22-40(36)72-9)58-60-46-44(77(66,67)68)30-24-51(5,6)26-38(64)42(30)75-46)53-48-55-49(57-50(56-48)74-28-29-18-16-15-17-19-29)54-33-21-37(63(13-3)14-4)41(73-10)23-35(33)59-61-47-45(78(69,70)71)31-25-52(7,8)27-39(65)43(31)76-47/h15-23H,11-14,24-28H2,1-10H3,(H,66,67,68)(H,69,70,71)(H2,53,54,55,56,57)/b60-58+,61-59+. The van der Waals surface area contributed by atoms with E-state index < -0.39 is 40.9 Å². The van der Waals surface area contributed by atoms with Gasteiger partial charge in [-0.05, 0) is 80.2 Å². The van der Waals surface area contributed by atoms with E-state index in [0.29, 0.717) is 66.2 Å². The highest BCUT2D eigenvalue weighted by Crippen LogP contribution is 2.50. The topological polar surface area (TPSA) is 280 Å². The highest BCUT2D eigenvalue weighted by atomic mass is 32.2. The van der Waals surface area contributed by atoms with E-state index >= 15 is 0 Å². The molecule has 78 heavy (non-hydrogen) atoms. The van der Waals surface area contributed by atoms with E-state index in [-0.39, 0.29) is 96.6 Å². The zero-order valence-corrected chi connectivity index (χ0v) is 48.9. The number of hydrogen-bond acceptors (Lipinski definition) is 22. The fraction of sp³-hybridized carbons (Fsp3) is 0.404. The van der Waals surface area contributed by atoms with E-state index in [9.17, 15) is 35.5 Å². The predicted octanol–water partition coefficient (Wildman–Crippen LogP) is 13.1. The molecular weight excluding hydrogens is 1100 g/mol. The Hall–Kier alpha value is -6.42. The zero-order chi connectivity index (χ0) is 56.5. The molecule has 3 heterocycles. The zero-order valence-electron chi connectivity index (χ0n) is 44.8. The number of aromatic nitrogens is 3. The lowest BCUT2D eigenvalue weighted by Gasteiger charge is -2.28. The molecule has 0 saturated heterocycles. The summed E-state index contributed by atoms with van der Waals surface area (Å²) in [5.74, 6) is 0.848. The van der Waals surface area contributed by atoms with Gasteiger partial charge in [-0.25, -0.2) is 0 Å². The number of thiophene rings is 2. The summed E-state index contributed by atoms with van der Waals surface area (Å²) in [6.07, 6.45) is 0.814. The molecule has 0 atom stereocenters. The first-order valence-electron chi connectivity index (χ1n) is 25.0. The van der Waals surface area contributed by atoms with Crippen molar-refractivity contribution in [2.24, 2.45) is 31.3 Å². The minimum absolute atomic E-state index is 0.0309. The number of benzene rings is 3. The maximum absolute atomic E-state index is 13.3. The van der Waals surface area contributed by atoms with Gasteiger partial charge in [-0.15, -0.1) is 43.1 Å². The third kappa shape index (κ3) is 12.7. The van der Waals surface area contributed by atoms with Gasteiger partial charge < -0.3 is 29.9 Å². The summed E-state index contributed by atoms with van der Waals surface area (Å²) in [7, 11) is -6.71. The summed E-state index contributed by atoms with van der Waals surface area (Å²) in [6.45, 7) is 17.7. The lowest BCUT2D eigenvalue weighted by Crippen LogP contribution is -2.26. The van der Waals surface area contributed by atoms with Crippen LogP contribution in [-0.4, -0.2) is 92.9 Å².